The Kier molecular flexibility index (Phi) is 2.80. The van der Waals surface area contributed by atoms with Crippen LogP contribution < -0.4 is 10.6 Å². The Morgan fingerprint density at radius 3 is 2.89 bits per heavy atom. The molecule has 4 nitrogen and oxygen atoms in total. The lowest BCUT2D eigenvalue weighted by molar-refractivity contribution is 0.614. The average Bonchev–Trinajstić information content (AvgIpc) is 2.41. The van der Waals surface area contributed by atoms with Gasteiger partial charge in [-0.15, -0.1) is 0 Å². The molecule has 1 aromatic carbocycles. The highest BCUT2D eigenvalue weighted by molar-refractivity contribution is 5.63. The van der Waals surface area contributed by atoms with Crippen LogP contribution in [0.4, 0.5) is 21.7 Å². The van der Waals surface area contributed by atoms with Crippen molar-refractivity contribution in [2.24, 2.45) is 0 Å². The van der Waals surface area contributed by atoms with Gasteiger partial charge in [0.1, 0.15) is 0 Å². The summed E-state index contributed by atoms with van der Waals surface area (Å²) in [5.41, 5.74) is 3.39. The fraction of sp³-hybridized carbons (Fsp3) is 0.231. The van der Waals surface area contributed by atoms with Crippen molar-refractivity contribution >= 4 is 17.3 Å². The van der Waals surface area contributed by atoms with Gasteiger partial charge in [0, 0.05) is 17.9 Å². The lowest BCUT2D eigenvalue weighted by Gasteiger charge is -2.18. The van der Waals surface area contributed by atoms with E-state index in [1.165, 1.54) is 11.3 Å². The van der Waals surface area contributed by atoms with Gasteiger partial charge in [0.05, 0.1) is 12.4 Å². The van der Waals surface area contributed by atoms with Crippen molar-refractivity contribution in [2.45, 2.75) is 12.8 Å². The fourth-order valence-electron chi connectivity index (χ4n) is 2.06. The summed E-state index contributed by atoms with van der Waals surface area (Å²) >= 11 is 0. The second kappa shape index (κ2) is 4.60. The molecular weight excluding hydrogens is 231 g/mol. The predicted octanol–water partition coefficient (Wildman–Crippen LogP) is 2.72. The zero-order chi connectivity index (χ0) is 12.4. The summed E-state index contributed by atoms with van der Waals surface area (Å²) in [6, 6.07) is 6.08. The predicted molar refractivity (Wildman–Crippen MR) is 68.5 cm³/mol. The molecule has 0 unspecified atom stereocenters. The molecule has 5 heteroatoms. The molecule has 0 saturated heterocycles. The van der Waals surface area contributed by atoms with Gasteiger partial charge >= 0.3 is 0 Å². The van der Waals surface area contributed by atoms with Gasteiger partial charge in [-0.3, -0.25) is 0 Å². The second-order valence-electron chi connectivity index (χ2n) is 4.25. The number of anilines is 3. The maximum atomic E-state index is 12.7. The minimum atomic E-state index is -0.435. The van der Waals surface area contributed by atoms with E-state index in [-0.39, 0.29) is 0 Å². The first kappa shape index (κ1) is 11.0. The molecule has 18 heavy (non-hydrogen) atoms. The summed E-state index contributed by atoms with van der Waals surface area (Å²) in [5.74, 6) is -0.0321. The van der Waals surface area contributed by atoms with Crippen LogP contribution in [0.25, 0.3) is 0 Å². The molecule has 0 spiro atoms. The molecule has 0 saturated carbocycles. The number of hydrogen-bond donors (Lipinski definition) is 2. The Hall–Kier alpha value is -2.17. The van der Waals surface area contributed by atoms with Gasteiger partial charge in [0.15, 0.2) is 5.82 Å². The molecule has 2 N–H and O–H groups in total. The van der Waals surface area contributed by atoms with Crippen LogP contribution in [0.5, 0.6) is 0 Å². The molecule has 2 aromatic rings. The van der Waals surface area contributed by atoms with Gasteiger partial charge in [-0.05, 0) is 36.6 Å². The lowest BCUT2D eigenvalue weighted by atomic mass is 10.0. The first-order valence-electron chi connectivity index (χ1n) is 5.93. The molecule has 0 amide bonds. The highest BCUT2D eigenvalue weighted by atomic mass is 19.1. The van der Waals surface area contributed by atoms with Crippen LogP contribution in [0.2, 0.25) is 0 Å². The zero-order valence-electron chi connectivity index (χ0n) is 9.78. The van der Waals surface area contributed by atoms with Crippen LogP contribution in [0.3, 0.4) is 0 Å². The van der Waals surface area contributed by atoms with E-state index in [0.717, 1.165) is 37.5 Å². The van der Waals surface area contributed by atoms with E-state index in [4.69, 9.17) is 0 Å². The molecule has 1 aliphatic heterocycles. The first-order chi connectivity index (χ1) is 8.81. The summed E-state index contributed by atoms with van der Waals surface area (Å²) in [6.45, 7) is 1.03. The van der Waals surface area contributed by atoms with E-state index < -0.39 is 5.82 Å². The molecule has 0 aliphatic carbocycles. The third-order valence-corrected chi connectivity index (χ3v) is 2.92. The normalized spacial score (nSPS) is 13.6. The van der Waals surface area contributed by atoms with Crippen LogP contribution in [-0.4, -0.2) is 16.5 Å². The maximum absolute atomic E-state index is 12.7. The average molecular weight is 244 g/mol. The number of hydrogen-bond acceptors (Lipinski definition) is 4. The molecule has 1 aliphatic rings. The number of nitrogens with zero attached hydrogens (tertiary/aromatic N) is 2. The van der Waals surface area contributed by atoms with E-state index in [1.54, 1.807) is 0 Å². The Bertz CT molecular complexity index is 553. The monoisotopic (exact) mass is 244 g/mol. The summed E-state index contributed by atoms with van der Waals surface area (Å²) in [5, 5.41) is 6.42. The van der Waals surface area contributed by atoms with Crippen molar-refractivity contribution in [1.82, 2.24) is 9.97 Å². The van der Waals surface area contributed by atoms with Crippen molar-refractivity contribution in [3.63, 3.8) is 0 Å². The Morgan fingerprint density at radius 2 is 2.06 bits per heavy atom. The topological polar surface area (TPSA) is 49.8 Å². The van der Waals surface area contributed by atoms with Gasteiger partial charge in [-0.25, -0.2) is 14.4 Å². The molecule has 0 radical (unpaired) electrons. The van der Waals surface area contributed by atoms with Crippen molar-refractivity contribution in [3.8, 4) is 0 Å². The standard InChI is InChI=1S/C13H13FN4/c14-10-7-16-13(17-8-10)18-11-3-4-12-9(6-11)2-1-5-15-12/h3-4,6-8,15H,1-2,5H2,(H,16,17,18). The van der Waals surface area contributed by atoms with Crippen molar-refractivity contribution < 1.29 is 4.39 Å². The number of benzene rings is 1. The Balaban J connectivity index is 1.82. The molecule has 3 rings (SSSR count). The smallest absolute Gasteiger partial charge is 0.227 e. The highest BCUT2D eigenvalue weighted by Crippen LogP contribution is 2.26. The quantitative estimate of drug-likeness (QED) is 0.852. The van der Waals surface area contributed by atoms with Gasteiger partial charge in [0.25, 0.3) is 0 Å². The van der Waals surface area contributed by atoms with Crippen molar-refractivity contribution in [1.29, 1.82) is 0 Å². The molecule has 1 aromatic heterocycles. The highest BCUT2D eigenvalue weighted by Gasteiger charge is 2.09. The van der Waals surface area contributed by atoms with E-state index in [2.05, 4.69) is 26.7 Å². The number of aryl methyl sites for hydroxylation is 1. The van der Waals surface area contributed by atoms with Crippen LogP contribution in [0, 0.1) is 5.82 Å². The number of fused-ring (bicyclic) bond motifs is 1. The number of aromatic nitrogens is 2. The van der Waals surface area contributed by atoms with Crippen LogP contribution in [0.15, 0.2) is 30.6 Å². The molecule has 92 valence electrons. The summed E-state index contributed by atoms with van der Waals surface area (Å²) in [6.07, 6.45) is 4.51. The second-order valence-corrected chi connectivity index (χ2v) is 4.25. The molecule has 0 bridgehead atoms. The summed E-state index contributed by atoms with van der Waals surface area (Å²) in [7, 11) is 0. The lowest BCUT2D eigenvalue weighted by Crippen LogP contribution is -2.11. The van der Waals surface area contributed by atoms with E-state index in [9.17, 15) is 4.39 Å². The maximum Gasteiger partial charge on any atom is 0.227 e. The third-order valence-electron chi connectivity index (χ3n) is 2.92. The summed E-state index contributed by atoms with van der Waals surface area (Å²) in [4.78, 5) is 7.75. The fourth-order valence-corrected chi connectivity index (χ4v) is 2.06. The largest absolute Gasteiger partial charge is 0.385 e. The first-order valence-corrected chi connectivity index (χ1v) is 5.93. The van der Waals surface area contributed by atoms with Crippen LogP contribution >= 0.6 is 0 Å². The molecule has 0 fully saturated rings. The third kappa shape index (κ3) is 2.25. The molecule has 2 heterocycles. The van der Waals surface area contributed by atoms with Gasteiger partial charge in [-0.2, -0.15) is 0 Å². The minimum absolute atomic E-state index is 0.403. The van der Waals surface area contributed by atoms with Crippen LogP contribution in [-0.2, 0) is 6.42 Å². The SMILES string of the molecule is Fc1cnc(Nc2ccc3c(c2)CCCN3)nc1. The molecular formula is C13H13FN4. The van der Waals surface area contributed by atoms with E-state index in [1.807, 2.05) is 12.1 Å². The molecule has 0 atom stereocenters. The Labute approximate surface area is 104 Å². The van der Waals surface area contributed by atoms with E-state index in [0.29, 0.717) is 5.95 Å². The number of rotatable bonds is 2. The Morgan fingerprint density at radius 1 is 1.22 bits per heavy atom. The number of halogens is 1. The summed E-state index contributed by atoms with van der Waals surface area (Å²) < 4.78 is 12.7. The number of nitrogens with one attached hydrogen (secondary N) is 2. The van der Waals surface area contributed by atoms with Crippen LogP contribution in [0.1, 0.15) is 12.0 Å². The minimum Gasteiger partial charge on any atom is -0.385 e. The zero-order valence-corrected chi connectivity index (χ0v) is 9.78. The van der Waals surface area contributed by atoms with Crippen molar-refractivity contribution in [2.75, 3.05) is 17.2 Å². The van der Waals surface area contributed by atoms with Gasteiger partial charge in [-0.1, -0.05) is 0 Å². The van der Waals surface area contributed by atoms with Gasteiger partial charge < -0.3 is 10.6 Å². The van der Waals surface area contributed by atoms with Crippen molar-refractivity contribution in [3.05, 3.63) is 42.0 Å². The van der Waals surface area contributed by atoms with E-state index >= 15 is 0 Å². The van der Waals surface area contributed by atoms with Gasteiger partial charge in [0.2, 0.25) is 5.95 Å².